The molecule has 20 heavy (non-hydrogen) atoms. The van der Waals surface area contributed by atoms with Crippen molar-refractivity contribution in [3.8, 4) is 0 Å². The number of benzene rings is 2. The van der Waals surface area contributed by atoms with Gasteiger partial charge >= 0.3 is 0 Å². The highest BCUT2D eigenvalue weighted by Crippen LogP contribution is 2.18. The van der Waals surface area contributed by atoms with E-state index >= 15 is 0 Å². The van der Waals surface area contributed by atoms with Crippen molar-refractivity contribution in [2.24, 2.45) is 0 Å². The standard InChI is InChI=1S/C15H12ClN3O/c16-11-6-5-10(13(17)7-11)8-19-9-18-14-4-2-1-3-12(14)15(19)20/h1-7,9H,8,17H2. The summed E-state index contributed by atoms with van der Waals surface area (Å²) in [7, 11) is 0. The molecule has 0 aliphatic heterocycles. The molecule has 1 heterocycles. The highest BCUT2D eigenvalue weighted by atomic mass is 35.5. The first-order chi connectivity index (χ1) is 9.65. The van der Waals surface area contributed by atoms with Gasteiger partial charge in [0.1, 0.15) is 0 Å². The smallest absolute Gasteiger partial charge is 0.261 e. The van der Waals surface area contributed by atoms with Gasteiger partial charge in [0.05, 0.1) is 23.8 Å². The molecule has 0 unspecified atom stereocenters. The van der Waals surface area contributed by atoms with E-state index in [0.29, 0.717) is 28.2 Å². The number of halogens is 1. The lowest BCUT2D eigenvalue weighted by Crippen LogP contribution is -2.21. The van der Waals surface area contributed by atoms with E-state index in [2.05, 4.69) is 4.98 Å². The topological polar surface area (TPSA) is 60.9 Å². The molecule has 2 N–H and O–H groups in total. The maximum atomic E-state index is 12.4. The number of rotatable bonds is 2. The number of para-hydroxylation sites is 1. The molecule has 0 radical (unpaired) electrons. The monoisotopic (exact) mass is 285 g/mol. The summed E-state index contributed by atoms with van der Waals surface area (Å²) < 4.78 is 1.54. The van der Waals surface area contributed by atoms with E-state index in [0.717, 1.165) is 5.56 Å². The molecular formula is C15H12ClN3O. The number of hydrogen-bond acceptors (Lipinski definition) is 3. The summed E-state index contributed by atoms with van der Waals surface area (Å²) in [6, 6.07) is 12.5. The summed E-state index contributed by atoms with van der Waals surface area (Å²) in [5.41, 5.74) is 7.93. The number of nitrogens with zero attached hydrogens (tertiary/aromatic N) is 2. The third-order valence-corrected chi connectivity index (χ3v) is 3.42. The van der Waals surface area contributed by atoms with Crippen LogP contribution in [-0.4, -0.2) is 9.55 Å². The van der Waals surface area contributed by atoms with Crippen LogP contribution in [0, 0.1) is 0 Å². The molecule has 0 saturated heterocycles. The Morgan fingerprint density at radius 1 is 1.20 bits per heavy atom. The minimum atomic E-state index is -0.0787. The van der Waals surface area contributed by atoms with Gasteiger partial charge in [0.2, 0.25) is 0 Å². The fourth-order valence-corrected chi connectivity index (χ4v) is 2.29. The number of aromatic nitrogens is 2. The van der Waals surface area contributed by atoms with Gasteiger partial charge in [0.25, 0.3) is 5.56 Å². The first kappa shape index (κ1) is 12.7. The molecule has 2 aromatic carbocycles. The van der Waals surface area contributed by atoms with E-state index in [9.17, 15) is 4.79 Å². The molecule has 3 aromatic rings. The van der Waals surface area contributed by atoms with Gasteiger partial charge in [0, 0.05) is 10.7 Å². The molecule has 0 atom stereocenters. The number of nitrogens with two attached hydrogens (primary N) is 1. The molecule has 0 amide bonds. The van der Waals surface area contributed by atoms with E-state index in [-0.39, 0.29) is 5.56 Å². The van der Waals surface area contributed by atoms with Crippen molar-refractivity contribution in [1.82, 2.24) is 9.55 Å². The molecule has 1 aromatic heterocycles. The Kier molecular flexibility index (Phi) is 3.16. The summed E-state index contributed by atoms with van der Waals surface area (Å²) in [5.74, 6) is 0. The van der Waals surface area contributed by atoms with Gasteiger partial charge in [-0.3, -0.25) is 9.36 Å². The van der Waals surface area contributed by atoms with Crippen molar-refractivity contribution in [3.05, 3.63) is 69.7 Å². The molecule has 3 rings (SSSR count). The molecule has 0 aliphatic rings. The van der Waals surface area contributed by atoms with E-state index in [1.165, 1.54) is 0 Å². The normalized spacial score (nSPS) is 10.8. The largest absolute Gasteiger partial charge is 0.398 e. The Bertz CT molecular complexity index is 842. The molecule has 4 nitrogen and oxygen atoms in total. The zero-order chi connectivity index (χ0) is 14.1. The van der Waals surface area contributed by atoms with E-state index in [1.807, 2.05) is 24.3 Å². The van der Waals surface area contributed by atoms with Crippen LogP contribution in [0.2, 0.25) is 5.02 Å². The molecule has 0 saturated carbocycles. The Morgan fingerprint density at radius 3 is 2.80 bits per heavy atom. The van der Waals surface area contributed by atoms with Gasteiger partial charge in [-0.2, -0.15) is 0 Å². The van der Waals surface area contributed by atoms with Crippen LogP contribution < -0.4 is 11.3 Å². The lowest BCUT2D eigenvalue weighted by atomic mass is 10.2. The number of anilines is 1. The number of hydrogen-bond donors (Lipinski definition) is 1. The highest BCUT2D eigenvalue weighted by molar-refractivity contribution is 6.30. The van der Waals surface area contributed by atoms with Crippen LogP contribution in [-0.2, 0) is 6.54 Å². The molecular weight excluding hydrogens is 274 g/mol. The van der Waals surface area contributed by atoms with Gasteiger partial charge in [-0.05, 0) is 29.8 Å². The van der Waals surface area contributed by atoms with Gasteiger partial charge in [-0.25, -0.2) is 4.98 Å². The Hall–Kier alpha value is -2.33. The lowest BCUT2D eigenvalue weighted by Gasteiger charge is -2.09. The SMILES string of the molecule is Nc1cc(Cl)ccc1Cn1cnc2ccccc2c1=O. The van der Waals surface area contributed by atoms with Gasteiger partial charge < -0.3 is 5.73 Å². The van der Waals surface area contributed by atoms with E-state index < -0.39 is 0 Å². The minimum Gasteiger partial charge on any atom is -0.398 e. The van der Waals surface area contributed by atoms with E-state index in [1.54, 1.807) is 29.1 Å². The third-order valence-electron chi connectivity index (χ3n) is 3.18. The van der Waals surface area contributed by atoms with Crippen LogP contribution in [0.25, 0.3) is 10.9 Å². The van der Waals surface area contributed by atoms with Crippen molar-refractivity contribution >= 4 is 28.2 Å². The van der Waals surface area contributed by atoms with Gasteiger partial charge in [0.15, 0.2) is 0 Å². The van der Waals surface area contributed by atoms with Crippen molar-refractivity contribution < 1.29 is 0 Å². The summed E-state index contributed by atoms with van der Waals surface area (Å²) in [6.45, 7) is 0.375. The van der Waals surface area contributed by atoms with Crippen LogP contribution in [0.3, 0.4) is 0 Å². The van der Waals surface area contributed by atoms with Crippen molar-refractivity contribution in [2.45, 2.75) is 6.54 Å². The molecule has 0 bridgehead atoms. The fourth-order valence-electron chi connectivity index (χ4n) is 2.11. The average Bonchev–Trinajstić information content (AvgIpc) is 2.45. The first-order valence-electron chi connectivity index (χ1n) is 6.13. The predicted molar refractivity (Wildman–Crippen MR) is 81.0 cm³/mol. The van der Waals surface area contributed by atoms with Crippen molar-refractivity contribution in [3.63, 3.8) is 0 Å². The van der Waals surface area contributed by atoms with Crippen LogP contribution in [0.1, 0.15) is 5.56 Å². The Balaban J connectivity index is 2.07. The first-order valence-corrected chi connectivity index (χ1v) is 6.51. The number of nitrogen functional groups attached to an aromatic ring is 1. The van der Waals surface area contributed by atoms with E-state index in [4.69, 9.17) is 17.3 Å². The van der Waals surface area contributed by atoms with Crippen molar-refractivity contribution in [1.29, 1.82) is 0 Å². The molecule has 5 heteroatoms. The predicted octanol–water partition coefficient (Wildman–Crippen LogP) is 2.68. The average molecular weight is 286 g/mol. The van der Waals surface area contributed by atoms with Crippen LogP contribution in [0.4, 0.5) is 5.69 Å². The van der Waals surface area contributed by atoms with Crippen LogP contribution >= 0.6 is 11.6 Å². The maximum absolute atomic E-state index is 12.4. The summed E-state index contributed by atoms with van der Waals surface area (Å²) in [5, 5.41) is 1.18. The maximum Gasteiger partial charge on any atom is 0.261 e. The second-order valence-electron chi connectivity index (χ2n) is 4.54. The second kappa shape index (κ2) is 4.98. The molecule has 0 fully saturated rings. The quantitative estimate of drug-likeness (QED) is 0.737. The van der Waals surface area contributed by atoms with Gasteiger partial charge in [-0.15, -0.1) is 0 Å². The van der Waals surface area contributed by atoms with Crippen LogP contribution in [0.5, 0.6) is 0 Å². The zero-order valence-electron chi connectivity index (χ0n) is 10.6. The summed E-state index contributed by atoms with van der Waals surface area (Å²) >= 11 is 5.87. The minimum absolute atomic E-state index is 0.0787. The van der Waals surface area contributed by atoms with Gasteiger partial charge in [-0.1, -0.05) is 29.8 Å². The van der Waals surface area contributed by atoms with Crippen LogP contribution in [0.15, 0.2) is 53.6 Å². The Labute approximate surface area is 120 Å². The highest BCUT2D eigenvalue weighted by Gasteiger charge is 2.06. The molecule has 100 valence electrons. The summed E-state index contributed by atoms with van der Waals surface area (Å²) in [4.78, 5) is 16.6. The molecule has 0 aliphatic carbocycles. The van der Waals surface area contributed by atoms with Crippen molar-refractivity contribution in [2.75, 3.05) is 5.73 Å². The second-order valence-corrected chi connectivity index (χ2v) is 4.97. The zero-order valence-corrected chi connectivity index (χ0v) is 11.3. The molecule has 0 spiro atoms. The summed E-state index contributed by atoms with van der Waals surface area (Å²) in [6.07, 6.45) is 1.54. The lowest BCUT2D eigenvalue weighted by molar-refractivity contribution is 0.750. The third kappa shape index (κ3) is 2.26. The fraction of sp³-hybridized carbons (Fsp3) is 0.0667. The number of fused-ring (bicyclic) bond motifs is 1. The Morgan fingerprint density at radius 2 is 2.00 bits per heavy atom.